The maximum Gasteiger partial charge on any atom is 0.310 e. The molecule has 0 aliphatic heterocycles. The summed E-state index contributed by atoms with van der Waals surface area (Å²) in [6.07, 6.45) is 2.19. The molecule has 0 aromatic heterocycles. The molecule has 5 unspecified atom stereocenters. The maximum atomic E-state index is 13.3. The van der Waals surface area contributed by atoms with Gasteiger partial charge < -0.3 is 4.74 Å². The van der Waals surface area contributed by atoms with Crippen LogP contribution in [0.5, 0.6) is 0 Å². The summed E-state index contributed by atoms with van der Waals surface area (Å²) < 4.78 is 6.25. The lowest BCUT2D eigenvalue weighted by molar-refractivity contribution is -0.165. The largest absolute Gasteiger partial charge is 0.455 e. The Labute approximate surface area is 195 Å². The first-order chi connectivity index (χ1) is 15.8. The fourth-order valence-electron chi connectivity index (χ4n) is 6.88. The van der Waals surface area contributed by atoms with Crippen LogP contribution in [0.2, 0.25) is 0 Å². The summed E-state index contributed by atoms with van der Waals surface area (Å²) in [6, 6.07) is 23.8. The lowest BCUT2D eigenvalue weighted by Gasteiger charge is -2.33. The Hall–Kier alpha value is -2.87. The summed E-state index contributed by atoms with van der Waals surface area (Å²) >= 11 is 0. The minimum Gasteiger partial charge on any atom is -0.455 e. The number of hydrogen-bond acceptors (Lipinski definition) is 2. The molecule has 0 spiro atoms. The summed E-state index contributed by atoms with van der Waals surface area (Å²) in [6.45, 7) is 8.74. The minimum absolute atomic E-state index is 0.00489. The van der Waals surface area contributed by atoms with Crippen molar-refractivity contribution in [2.24, 2.45) is 29.6 Å². The number of carbonyl (C=O) groups excluding carboxylic acids is 1. The SMILES string of the molecule is CC1C2CC(C(=O)OC(C)(C)c3ccc4c5ccccc5c5ccccc5c4c3)C(C2)C1C. The van der Waals surface area contributed by atoms with Gasteiger partial charge in [0.1, 0.15) is 5.60 Å². The Morgan fingerprint density at radius 3 is 1.85 bits per heavy atom. The molecule has 2 nitrogen and oxygen atoms in total. The molecule has 0 N–H and O–H groups in total. The van der Waals surface area contributed by atoms with Crippen LogP contribution in [0.4, 0.5) is 0 Å². The lowest BCUT2D eigenvalue weighted by atomic mass is 9.75. The van der Waals surface area contributed by atoms with Gasteiger partial charge in [0.2, 0.25) is 0 Å². The van der Waals surface area contributed by atoms with Crippen molar-refractivity contribution >= 4 is 38.3 Å². The van der Waals surface area contributed by atoms with Crippen molar-refractivity contribution in [3.05, 3.63) is 72.3 Å². The van der Waals surface area contributed by atoms with Crippen LogP contribution in [0.3, 0.4) is 0 Å². The first-order valence-corrected chi connectivity index (χ1v) is 12.4. The van der Waals surface area contributed by atoms with Crippen molar-refractivity contribution in [3.63, 3.8) is 0 Å². The van der Waals surface area contributed by atoms with E-state index in [1.54, 1.807) is 0 Å². The highest BCUT2D eigenvalue weighted by Gasteiger charge is 2.52. The fourth-order valence-corrected chi connectivity index (χ4v) is 6.88. The summed E-state index contributed by atoms with van der Waals surface area (Å²) in [5, 5.41) is 7.50. The molecule has 2 bridgehead atoms. The van der Waals surface area contributed by atoms with Gasteiger partial charge in [0.25, 0.3) is 0 Å². The Bertz CT molecular complexity index is 1360. The Kier molecular flexibility index (Phi) is 4.59. The molecule has 6 rings (SSSR count). The smallest absolute Gasteiger partial charge is 0.310 e. The zero-order chi connectivity index (χ0) is 22.9. The van der Waals surface area contributed by atoms with E-state index in [0.29, 0.717) is 17.8 Å². The molecule has 2 fully saturated rings. The van der Waals surface area contributed by atoms with Crippen LogP contribution in [0, 0.1) is 29.6 Å². The van der Waals surface area contributed by atoms with E-state index in [2.05, 4.69) is 80.6 Å². The van der Waals surface area contributed by atoms with E-state index in [-0.39, 0.29) is 11.9 Å². The van der Waals surface area contributed by atoms with Crippen molar-refractivity contribution in [1.29, 1.82) is 0 Å². The molecule has 0 amide bonds. The first kappa shape index (κ1) is 20.7. The van der Waals surface area contributed by atoms with Crippen molar-refractivity contribution in [2.75, 3.05) is 0 Å². The van der Waals surface area contributed by atoms with Crippen molar-refractivity contribution < 1.29 is 9.53 Å². The van der Waals surface area contributed by atoms with Gasteiger partial charge in [-0.15, -0.1) is 0 Å². The summed E-state index contributed by atoms with van der Waals surface area (Å²) in [4.78, 5) is 13.3. The number of esters is 1. The van der Waals surface area contributed by atoms with Crippen LogP contribution in [0.1, 0.15) is 46.1 Å². The summed E-state index contributed by atoms with van der Waals surface area (Å²) in [5.74, 6) is 2.58. The molecular formula is C31H32O2. The Morgan fingerprint density at radius 2 is 1.30 bits per heavy atom. The predicted molar refractivity (Wildman–Crippen MR) is 136 cm³/mol. The molecular weight excluding hydrogens is 404 g/mol. The van der Waals surface area contributed by atoms with Crippen LogP contribution >= 0.6 is 0 Å². The van der Waals surface area contributed by atoms with E-state index in [0.717, 1.165) is 17.9 Å². The van der Waals surface area contributed by atoms with E-state index in [4.69, 9.17) is 4.74 Å². The zero-order valence-electron chi connectivity index (χ0n) is 20.0. The van der Waals surface area contributed by atoms with Gasteiger partial charge in [-0.2, -0.15) is 0 Å². The lowest BCUT2D eigenvalue weighted by Crippen LogP contribution is -2.35. The number of fused-ring (bicyclic) bond motifs is 8. The van der Waals surface area contributed by atoms with Gasteiger partial charge in [0.15, 0.2) is 0 Å². The molecule has 2 saturated carbocycles. The number of carbonyl (C=O) groups is 1. The van der Waals surface area contributed by atoms with Crippen molar-refractivity contribution in [2.45, 2.75) is 46.1 Å². The van der Waals surface area contributed by atoms with Crippen molar-refractivity contribution in [3.8, 4) is 0 Å². The highest BCUT2D eigenvalue weighted by Crippen LogP contribution is 2.55. The van der Waals surface area contributed by atoms with Crippen LogP contribution in [-0.2, 0) is 15.1 Å². The number of rotatable bonds is 3. The van der Waals surface area contributed by atoms with E-state index in [1.165, 1.54) is 38.7 Å². The average Bonchev–Trinajstić information content (AvgIpc) is 3.38. The van der Waals surface area contributed by atoms with Crippen LogP contribution in [0.25, 0.3) is 32.3 Å². The monoisotopic (exact) mass is 436 g/mol. The first-order valence-electron chi connectivity index (χ1n) is 12.4. The third kappa shape index (κ3) is 3.10. The predicted octanol–water partition coefficient (Wildman–Crippen LogP) is 7.85. The van der Waals surface area contributed by atoms with Gasteiger partial charge in [0.05, 0.1) is 5.92 Å². The molecule has 4 aromatic carbocycles. The van der Waals surface area contributed by atoms with E-state index < -0.39 is 5.60 Å². The number of hydrogen-bond donors (Lipinski definition) is 0. The molecule has 2 aliphatic rings. The molecule has 4 aromatic rings. The third-order valence-corrected chi connectivity index (χ3v) is 8.99. The van der Waals surface area contributed by atoms with E-state index >= 15 is 0 Å². The third-order valence-electron chi connectivity index (χ3n) is 8.99. The molecule has 2 heteroatoms. The summed E-state index contributed by atoms with van der Waals surface area (Å²) in [5.41, 5.74) is 0.377. The fraction of sp³-hybridized carbons (Fsp3) is 0.387. The van der Waals surface area contributed by atoms with Crippen molar-refractivity contribution in [1.82, 2.24) is 0 Å². The van der Waals surface area contributed by atoms with Gasteiger partial charge in [-0.25, -0.2) is 0 Å². The van der Waals surface area contributed by atoms with Gasteiger partial charge in [-0.1, -0.05) is 74.5 Å². The molecule has 0 saturated heterocycles. The van der Waals surface area contributed by atoms with E-state index in [9.17, 15) is 4.79 Å². The minimum atomic E-state index is -0.672. The molecule has 0 heterocycles. The molecule has 33 heavy (non-hydrogen) atoms. The second-order valence-corrected chi connectivity index (χ2v) is 11.0. The van der Waals surface area contributed by atoms with Gasteiger partial charge in [0, 0.05) is 0 Å². The zero-order valence-corrected chi connectivity index (χ0v) is 20.0. The maximum absolute atomic E-state index is 13.3. The highest BCUT2D eigenvalue weighted by molar-refractivity contribution is 6.25. The quantitative estimate of drug-likeness (QED) is 0.241. The summed E-state index contributed by atoms with van der Waals surface area (Å²) in [7, 11) is 0. The number of benzene rings is 4. The standard InChI is InChI=1S/C31H32O2/c1-18-19(2)27-15-20(18)16-29(27)30(32)33-31(3,4)21-13-14-26-24-11-6-5-9-22(24)23-10-7-8-12-25(23)28(26)17-21/h5-14,17-20,27,29H,15-16H2,1-4H3. The molecule has 5 atom stereocenters. The molecule has 2 aliphatic carbocycles. The topological polar surface area (TPSA) is 26.3 Å². The average molecular weight is 437 g/mol. The molecule has 0 radical (unpaired) electrons. The van der Waals surface area contributed by atoms with Crippen LogP contribution < -0.4 is 0 Å². The van der Waals surface area contributed by atoms with Gasteiger partial charge in [-0.3, -0.25) is 4.79 Å². The van der Waals surface area contributed by atoms with Gasteiger partial charge >= 0.3 is 5.97 Å². The van der Waals surface area contributed by atoms with Crippen LogP contribution in [0.15, 0.2) is 66.7 Å². The van der Waals surface area contributed by atoms with E-state index in [1.807, 2.05) is 13.8 Å². The Balaban J connectivity index is 1.39. The second kappa shape index (κ2) is 7.32. The van der Waals surface area contributed by atoms with Gasteiger partial charge in [-0.05, 0) is 94.3 Å². The Morgan fingerprint density at radius 1 is 0.758 bits per heavy atom. The van der Waals surface area contributed by atoms with Crippen LogP contribution in [-0.4, -0.2) is 5.97 Å². The second-order valence-electron chi connectivity index (χ2n) is 11.0. The number of ether oxygens (including phenoxy) is 1. The normalized spacial score (nSPS) is 27.0. The highest BCUT2D eigenvalue weighted by atomic mass is 16.6. The molecule has 168 valence electrons.